The molecule has 0 amide bonds. The summed E-state index contributed by atoms with van der Waals surface area (Å²) in [4.78, 5) is 17.9. The zero-order chi connectivity index (χ0) is 35.8. The smallest absolute Gasteiger partial charge is 0.269 e. The minimum absolute atomic E-state index is 0.107. The van der Waals surface area contributed by atoms with Crippen LogP contribution in [0.25, 0.3) is 17.0 Å². The average Bonchev–Trinajstić information content (AvgIpc) is 3.96. The molecule has 0 radical (unpaired) electrons. The van der Waals surface area contributed by atoms with E-state index in [1.807, 2.05) is 39.8 Å². The molecule has 2 heterocycles. The third-order valence-corrected chi connectivity index (χ3v) is 9.22. The van der Waals surface area contributed by atoms with Crippen molar-refractivity contribution in [3.63, 3.8) is 0 Å². The summed E-state index contributed by atoms with van der Waals surface area (Å²) in [7, 11) is 1.53. The molecule has 2 unspecified atom stereocenters. The quantitative estimate of drug-likeness (QED) is 0.160. The molecule has 0 aliphatic heterocycles. The number of allylic oxidation sites excluding steroid dienone is 4. The van der Waals surface area contributed by atoms with Crippen molar-refractivity contribution in [3.8, 4) is 23.1 Å². The Balaban J connectivity index is 0.00000307. The zero-order valence-electron chi connectivity index (χ0n) is 30.1. The minimum Gasteiger partial charge on any atom is -0.480 e. The van der Waals surface area contributed by atoms with Crippen molar-refractivity contribution in [1.82, 2.24) is 19.9 Å². The maximum Gasteiger partial charge on any atom is 0.269 e. The molecule has 1 saturated carbocycles. The van der Waals surface area contributed by atoms with Gasteiger partial charge in [0.15, 0.2) is 17.6 Å². The van der Waals surface area contributed by atoms with E-state index in [0.29, 0.717) is 22.8 Å². The number of alkyl halides is 3. The number of methoxy groups -OCH3 is 1. The van der Waals surface area contributed by atoms with E-state index in [-0.39, 0.29) is 23.8 Å². The van der Waals surface area contributed by atoms with E-state index in [4.69, 9.17) is 9.47 Å². The minimum atomic E-state index is -2.88. The summed E-state index contributed by atoms with van der Waals surface area (Å²) in [6.07, 6.45) is 6.49. The second-order valence-electron chi connectivity index (χ2n) is 12.3. The van der Waals surface area contributed by atoms with E-state index in [1.54, 1.807) is 52.1 Å². The average molecular weight is 665 g/mol. The van der Waals surface area contributed by atoms with Gasteiger partial charge in [-0.3, -0.25) is 0 Å². The van der Waals surface area contributed by atoms with E-state index in [2.05, 4.69) is 26.5 Å². The summed E-state index contributed by atoms with van der Waals surface area (Å²) in [5, 5.41) is 0. The first-order chi connectivity index (χ1) is 22.8. The monoisotopic (exact) mass is 664 g/mol. The van der Waals surface area contributed by atoms with Crippen LogP contribution < -0.4 is 9.47 Å². The Bertz CT molecular complexity index is 1600. The van der Waals surface area contributed by atoms with Crippen LogP contribution >= 0.6 is 0 Å². The molecule has 1 aliphatic carbocycles. The highest BCUT2D eigenvalue weighted by atomic mass is 19.3. The molecular formula is C39H51F3N4O2. The second-order valence-corrected chi connectivity index (χ2v) is 12.3. The molecule has 3 atom stereocenters. The molecule has 9 heteroatoms. The summed E-state index contributed by atoms with van der Waals surface area (Å²) in [6, 6.07) is 8.94. The van der Waals surface area contributed by atoms with Gasteiger partial charge in [-0.05, 0) is 56.2 Å². The van der Waals surface area contributed by atoms with Crippen molar-refractivity contribution >= 4 is 5.57 Å². The summed E-state index contributed by atoms with van der Waals surface area (Å²) in [5.74, 6) is -2.66. The van der Waals surface area contributed by atoms with Crippen LogP contribution in [0.4, 0.5) is 13.2 Å². The van der Waals surface area contributed by atoms with Gasteiger partial charge in [0, 0.05) is 36.1 Å². The predicted octanol–water partition coefficient (Wildman–Crippen LogP) is 10.9. The molecular weight excluding hydrogens is 613 g/mol. The van der Waals surface area contributed by atoms with Gasteiger partial charge in [-0.25, -0.2) is 28.1 Å². The number of rotatable bonds is 14. The van der Waals surface area contributed by atoms with Gasteiger partial charge in [0.25, 0.3) is 5.92 Å². The third kappa shape index (κ3) is 8.16. The van der Waals surface area contributed by atoms with Crippen molar-refractivity contribution in [3.05, 3.63) is 89.6 Å². The van der Waals surface area contributed by atoms with Crippen molar-refractivity contribution in [2.24, 2.45) is 11.8 Å². The van der Waals surface area contributed by atoms with Crippen LogP contribution in [-0.2, 0) is 0 Å². The number of halogens is 3. The fourth-order valence-electron chi connectivity index (χ4n) is 5.80. The highest BCUT2D eigenvalue weighted by Gasteiger charge is 2.43. The fourth-order valence-corrected chi connectivity index (χ4v) is 5.80. The van der Waals surface area contributed by atoms with E-state index >= 15 is 4.39 Å². The lowest BCUT2D eigenvalue weighted by Gasteiger charge is -2.34. The molecule has 0 saturated heterocycles. The molecule has 3 aromatic rings. The molecule has 4 rings (SSSR count). The molecule has 0 N–H and O–H groups in total. The molecule has 6 nitrogen and oxygen atoms in total. The zero-order valence-corrected chi connectivity index (χ0v) is 30.1. The lowest BCUT2D eigenvalue weighted by Crippen LogP contribution is -2.38. The lowest BCUT2D eigenvalue weighted by molar-refractivity contribution is 0.00709. The Kier molecular flexibility index (Phi) is 13.1. The molecule has 1 aromatic carbocycles. The maximum absolute atomic E-state index is 16.8. The van der Waals surface area contributed by atoms with Gasteiger partial charge >= 0.3 is 0 Å². The highest BCUT2D eigenvalue weighted by Crippen LogP contribution is 2.46. The van der Waals surface area contributed by atoms with Crippen LogP contribution in [0.15, 0.2) is 72.7 Å². The van der Waals surface area contributed by atoms with Crippen LogP contribution in [0, 0.1) is 11.8 Å². The Morgan fingerprint density at radius 2 is 1.67 bits per heavy atom. The van der Waals surface area contributed by atoms with E-state index < -0.39 is 29.5 Å². The molecule has 1 fully saturated rings. The second kappa shape index (κ2) is 16.4. The first-order valence-electron chi connectivity index (χ1n) is 16.9. The summed E-state index contributed by atoms with van der Waals surface area (Å²) >= 11 is 0. The maximum atomic E-state index is 16.8. The Morgan fingerprint density at radius 1 is 1.02 bits per heavy atom. The first-order valence-corrected chi connectivity index (χ1v) is 16.9. The standard InChI is InChI=1S/C37H45F3N4O2.C2H6/c1-10-29(37(39,40)12-3)25(8)23(6)24(7)26-13-17-28(18-14-26)33(36(38,11-2)22(4)5)46-30-19-20-41-34(44-30)31-32(27-15-16-27)42-21-43-35(31)45-9;1-2/h10-11,13-14,17-22,25,27,33H,2,12,15-16H2,1,3-9H3;1-2H3/b24-23+,29-10+;/t25?,33-,36?;/m0./s1. The van der Waals surface area contributed by atoms with Crippen LogP contribution in [0.2, 0.25) is 0 Å². The Hall–Kier alpha value is -4.01. The summed E-state index contributed by atoms with van der Waals surface area (Å²) in [6.45, 7) is 20.1. The van der Waals surface area contributed by atoms with E-state index in [9.17, 15) is 8.78 Å². The van der Waals surface area contributed by atoms with Crippen LogP contribution in [0.3, 0.4) is 0 Å². The Labute approximate surface area is 284 Å². The number of hydrogen-bond acceptors (Lipinski definition) is 6. The van der Waals surface area contributed by atoms with Crippen LogP contribution in [-0.4, -0.2) is 38.6 Å². The number of nitrogens with zero attached hydrogens (tertiary/aromatic N) is 4. The normalized spacial score (nSPS) is 16.6. The topological polar surface area (TPSA) is 70.0 Å². The fraction of sp³-hybridized carbons (Fsp3) is 0.487. The van der Waals surface area contributed by atoms with E-state index in [1.165, 1.54) is 32.5 Å². The van der Waals surface area contributed by atoms with Gasteiger partial charge in [-0.2, -0.15) is 4.98 Å². The van der Waals surface area contributed by atoms with Crippen molar-refractivity contribution in [1.29, 1.82) is 0 Å². The molecule has 0 bridgehead atoms. The summed E-state index contributed by atoms with van der Waals surface area (Å²) < 4.78 is 58.0. The number of benzene rings is 1. The molecule has 0 spiro atoms. The highest BCUT2D eigenvalue weighted by molar-refractivity contribution is 5.68. The number of ether oxygens (including phenoxy) is 2. The largest absolute Gasteiger partial charge is 0.480 e. The van der Waals surface area contributed by atoms with Crippen LogP contribution in [0.1, 0.15) is 110 Å². The van der Waals surface area contributed by atoms with E-state index in [0.717, 1.165) is 35.2 Å². The molecule has 2 aromatic heterocycles. The number of aromatic nitrogens is 4. The van der Waals surface area contributed by atoms with Crippen molar-refractivity contribution in [2.45, 2.75) is 105 Å². The Morgan fingerprint density at radius 3 is 2.19 bits per heavy atom. The molecule has 48 heavy (non-hydrogen) atoms. The lowest BCUT2D eigenvalue weighted by atomic mass is 9.82. The van der Waals surface area contributed by atoms with Gasteiger partial charge in [0.05, 0.1) is 12.8 Å². The van der Waals surface area contributed by atoms with Gasteiger partial charge in [-0.1, -0.05) is 90.1 Å². The summed E-state index contributed by atoms with van der Waals surface area (Å²) in [5.41, 5.74) is 2.71. The van der Waals surface area contributed by atoms with Gasteiger partial charge in [-0.15, -0.1) is 0 Å². The molecule has 1 aliphatic rings. The van der Waals surface area contributed by atoms with Crippen molar-refractivity contribution in [2.75, 3.05) is 7.11 Å². The van der Waals surface area contributed by atoms with Crippen molar-refractivity contribution < 1.29 is 22.6 Å². The third-order valence-electron chi connectivity index (χ3n) is 9.22. The van der Waals surface area contributed by atoms with Gasteiger partial charge in [0.1, 0.15) is 11.9 Å². The van der Waals surface area contributed by atoms with Gasteiger partial charge < -0.3 is 9.47 Å². The molecule has 260 valence electrons. The van der Waals surface area contributed by atoms with Gasteiger partial charge in [0.2, 0.25) is 11.8 Å². The number of hydrogen-bond donors (Lipinski definition) is 0. The SMILES string of the molecule is C=CC(F)(C(C)C)[C@@H](Oc1ccnc(-c2c(OC)ncnc2C2CC2)n1)c1ccc(/C(C)=C(\C)C(C)/C(=C\C)C(F)(F)CC)cc1.CC. The predicted molar refractivity (Wildman–Crippen MR) is 188 cm³/mol. The van der Waals surface area contributed by atoms with Crippen LogP contribution in [0.5, 0.6) is 11.8 Å². The first kappa shape index (κ1) is 38.4.